The summed E-state index contributed by atoms with van der Waals surface area (Å²) in [4.78, 5) is 35.1. The number of H-pyrrole nitrogens is 2. The Morgan fingerprint density at radius 3 is 2.00 bits per heavy atom. The molecule has 9 heteroatoms. The van der Waals surface area contributed by atoms with Crippen molar-refractivity contribution in [2.24, 2.45) is 11.8 Å². The Morgan fingerprint density at radius 2 is 1.43 bits per heavy atom. The molecule has 2 saturated heterocycles. The minimum absolute atomic E-state index is 0.0596. The summed E-state index contributed by atoms with van der Waals surface area (Å²) < 4.78 is 0. The van der Waals surface area contributed by atoms with Crippen molar-refractivity contribution in [1.29, 1.82) is 0 Å². The molecule has 0 bridgehead atoms. The van der Waals surface area contributed by atoms with Crippen molar-refractivity contribution in [3.8, 4) is 0 Å². The van der Waals surface area contributed by atoms with Crippen molar-refractivity contribution in [2.75, 3.05) is 39.3 Å². The van der Waals surface area contributed by atoms with Crippen molar-refractivity contribution < 1.29 is 4.79 Å². The highest BCUT2D eigenvalue weighted by Crippen LogP contribution is 2.28. The molecule has 9 nitrogen and oxygen atoms in total. The van der Waals surface area contributed by atoms with Gasteiger partial charge < -0.3 is 30.0 Å². The Labute approximate surface area is 221 Å². The zero-order valence-corrected chi connectivity index (χ0v) is 22.4. The Hall–Kier alpha value is -2.39. The molecule has 0 radical (unpaired) electrons. The van der Waals surface area contributed by atoms with E-state index >= 15 is 0 Å². The third-order valence-electron chi connectivity index (χ3n) is 8.83. The summed E-state index contributed by atoms with van der Waals surface area (Å²) in [6.07, 6.45) is 20.7. The van der Waals surface area contributed by atoms with E-state index in [0.29, 0.717) is 19.0 Å². The third kappa shape index (κ3) is 7.80. The van der Waals surface area contributed by atoms with Crippen molar-refractivity contribution >= 4 is 6.03 Å². The van der Waals surface area contributed by atoms with Crippen LogP contribution in [0.5, 0.6) is 0 Å². The maximum atomic E-state index is 13.0. The van der Waals surface area contributed by atoms with Gasteiger partial charge in [-0.3, -0.25) is 0 Å². The number of aromatic nitrogens is 4. The number of piperidine rings is 2. The highest BCUT2D eigenvalue weighted by molar-refractivity contribution is 5.74. The molecule has 2 aliphatic heterocycles. The highest BCUT2D eigenvalue weighted by atomic mass is 16.2. The normalized spacial score (nSPS) is 21.6. The number of rotatable bonds is 9. The summed E-state index contributed by atoms with van der Waals surface area (Å²) in [6.45, 7) is 7.79. The molecule has 0 unspecified atom stereocenters. The summed E-state index contributed by atoms with van der Waals surface area (Å²) in [5, 5.41) is 3.19. The largest absolute Gasteiger partial charge is 0.347 e. The number of aromatic amines is 2. The summed E-state index contributed by atoms with van der Waals surface area (Å²) in [5.41, 5.74) is 0. The van der Waals surface area contributed by atoms with Crippen LogP contribution in [-0.2, 0) is 13.1 Å². The molecule has 0 atom stereocenters. The van der Waals surface area contributed by atoms with Gasteiger partial charge in [0, 0.05) is 43.9 Å². The van der Waals surface area contributed by atoms with Gasteiger partial charge in [0.1, 0.15) is 11.6 Å². The molecule has 3 N–H and O–H groups in total. The smallest absolute Gasteiger partial charge is 0.318 e. The average molecular weight is 511 g/mol. The molecule has 2 aromatic rings. The maximum Gasteiger partial charge on any atom is 0.318 e. The summed E-state index contributed by atoms with van der Waals surface area (Å²) in [5.74, 6) is 2.95. The second-order valence-corrected chi connectivity index (χ2v) is 11.5. The SMILES string of the molecule is O=C(NCC1CCN(CC2CCN(C3CCCCCC3)CC2)CC1)N(Cc1ncc[nH]1)Cc1ncc[nH]1. The average Bonchev–Trinajstić information content (AvgIpc) is 3.57. The summed E-state index contributed by atoms with van der Waals surface area (Å²) in [7, 11) is 0. The van der Waals surface area contributed by atoms with Gasteiger partial charge in [-0.05, 0) is 76.5 Å². The standard InChI is InChI=1S/C28H46N8O/c37-28(36(21-26-29-11-12-30-26)22-27-31-13-14-32-27)33-19-23-7-15-34(16-8-23)20-24-9-17-35(18-10-24)25-5-3-1-2-4-6-25/h11-14,23-25H,1-10,15-22H2,(H,29,30)(H,31,32)(H,33,37). The molecule has 2 amide bonds. The third-order valence-corrected chi connectivity index (χ3v) is 8.83. The van der Waals surface area contributed by atoms with Crippen LogP contribution in [0.2, 0.25) is 0 Å². The van der Waals surface area contributed by atoms with Gasteiger partial charge in [0.2, 0.25) is 0 Å². The highest BCUT2D eigenvalue weighted by Gasteiger charge is 2.28. The number of nitrogens with one attached hydrogen (secondary N) is 3. The fraction of sp³-hybridized carbons (Fsp3) is 0.750. The Bertz CT molecular complexity index is 857. The van der Waals surface area contributed by atoms with Crippen LogP contribution in [0.3, 0.4) is 0 Å². The fourth-order valence-electron chi connectivity index (χ4n) is 6.54. The van der Waals surface area contributed by atoms with Crippen LogP contribution >= 0.6 is 0 Å². The van der Waals surface area contributed by atoms with Crippen molar-refractivity contribution in [2.45, 2.75) is 83.3 Å². The molecular weight excluding hydrogens is 464 g/mol. The van der Waals surface area contributed by atoms with Gasteiger partial charge in [0.05, 0.1) is 13.1 Å². The van der Waals surface area contributed by atoms with Crippen LogP contribution in [0.1, 0.15) is 75.9 Å². The number of amides is 2. The zero-order chi connectivity index (χ0) is 25.3. The number of urea groups is 1. The minimum Gasteiger partial charge on any atom is -0.347 e. The van der Waals surface area contributed by atoms with Crippen LogP contribution in [0.25, 0.3) is 0 Å². The van der Waals surface area contributed by atoms with E-state index in [-0.39, 0.29) is 6.03 Å². The molecule has 3 fully saturated rings. The number of carbonyl (C=O) groups is 1. The lowest BCUT2D eigenvalue weighted by molar-refractivity contribution is 0.0900. The quantitative estimate of drug-likeness (QED) is 0.443. The fourth-order valence-corrected chi connectivity index (χ4v) is 6.54. The van der Waals surface area contributed by atoms with E-state index in [2.05, 4.69) is 35.1 Å². The first kappa shape index (κ1) is 26.2. The predicted molar refractivity (Wildman–Crippen MR) is 145 cm³/mol. The number of nitrogens with zero attached hydrogens (tertiary/aromatic N) is 5. The molecule has 1 aliphatic carbocycles. The molecule has 0 aromatic carbocycles. The van der Waals surface area contributed by atoms with Gasteiger partial charge in [-0.1, -0.05) is 25.7 Å². The van der Waals surface area contributed by atoms with E-state index in [9.17, 15) is 4.79 Å². The van der Waals surface area contributed by atoms with E-state index < -0.39 is 0 Å². The van der Waals surface area contributed by atoms with Gasteiger partial charge in [0.25, 0.3) is 0 Å². The Morgan fingerprint density at radius 1 is 0.838 bits per heavy atom. The van der Waals surface area contributed by atoms with E-state index in [4.69, 9.17) is 0 Å². The first-order valence-corrected chi connectivity index (χ1v) is 14.7. The number of carbonyl (C=O) groups excluding carboxylic acids is 1. The monoisotopic (exact) mass is 510 g/mol. The molecule has 4 heterocycles. The molecule has 2 aromatic heterocycles. The number of imidazole rings is 2. The molecule has 3 aliphatic rings. The van der Waals surface area contributed by atoms with E-state index in [1.165, 1.54) is 71.0 Å². The van der Waals surface area contributed by atoms with Crippen molar-refractivity contribution in [1.82, 2.24) is 40.0 Å². The summed E-state index contributed by atoms with van der Waals surface area (Å²) in [6, 6.07) is 0.805. The zero-order valence-electron chi connectivity index (χ0n) is 22.4. The van der Waals surface area contributed by atoms with Crippen molar-refractivity contribution in [3.63, 3.8) is 0 Å². The van der Waals surface area contributed by atoms with Crippen LogP contribution in [0.4, 0.5) is 4.79 Å². The second-order valence-electron chi connectivity index (χ2n) is 11.5. The number of hydrogen-bond acceptors (Lipinski definition) is 5. The second kappa shape index (κ2) is 13.4. The van der Waals surface area contributed by atoms with Gasteiger partial charge in [-0.2, -0.15) is 0 Å². The molecule has 204 valence electrons. The molecule has 0 spiro atoms. The topological polar surface area (TPSA) is 96.2 Å². The van der Waals surface area contributed by atoms with E-state index in [0.717, 1.165) is 56.1 Å². The first-order valence-electron chi connectivity index (χ1n) is 14.7. The first-order chi connectivity index (χ1) is 18.2. The van der Waals surface area contributed by atoms with Crippen molar-refractivity contribution in [3.05, 3.63) is 36.4 Å². The minimum atomic E-state index is -0.0596. The lowest BCUT2D eigenvalue weighted by Crippen LogP contribution is -2.46. The van der Waals surface area contributed by atoms with Crippen LogP contribution in [-0.4, -0.2) is 86.0 Å². The number of likely N-dealkylation sites (tertiary alicyclic amines) is 2. The van der Waals surface area contributed by atoms with E-state index in [1.54, 1.807) is 29.7 Å². The van der Waals surface area contributed by atoms with Gasteiger partial charge in [-0.25, -0.2) is 14.8 Å². The van der Waals surface area contributed by atoms with E-state index in [1.807, 2.05) is 0 Å². The van der Waals surface area contributed by atoms with Gasteiger partial charge in [-0.15, -0.1) is 0 Å². The van der Waals surface area contributed by atoms with Gasteiger partial charge in [0.15, 0.2) is 0 Å². The lowest BCUT2D eigenvalue weighted by atomic mass is 9.91. The van der Waals surface area contributed by atoms with Crippen LogP contribution < -0.4 is 5.32 Å². The summed E-state index contributed by atoms with van der Waals surface area (Å²) >= 11 is 0. The molecular formula is C28H46N8O. The molecule has 1 saturated carbocycles. The molecule has 5 rings (SSSR count). The lowest BCUT2D eigenvalue weighted by Gasteiger charge is -2.40. The maximum absolute atomic E-state index is 13.0. The van der Waals surface area contributed by atoms with Crippen LogP contribution in [0.15, 0.2) is 24.8 Å². The Kier molecular flexibility index (Phi) is 9.51. The Balaban J connectivity index is 1.01. The predicted octanol–water partition coefficient (Wildman–Crippen LogP) is 3.99. The number of hydrogen-bond donors (Lipinski definition) is 3. The molecule has 37 heavy (non-hydrogen) atoms. The van der Waals surface area contributed by atoms with Crippen LogP contribution in [0, 0.1) is 11.8 Å². The van der Waals surface area contributed by atoms with Gasteiger partial charge >= 0.3 is 6.03 Å².